The summed E-state index contributed by atoms with van der Waals surface area (Å²) >= 11 is 0. The largest absolute Gasteiger partial charge is 0.472 e. The van der Waals surface area contributed by atoms with Gasteiger partial charge in [-0.05, 0) is 109 Å². The first kappa shape index (κ1) is 92.2. The van der Waals surface area contributed by atoms with Crippen LogP contribution in [0.1, 0.15) is 323 Å². The van der Waals surface area contributed by atoms with Gasteiger partial charge in [0.15, 0.2) is 12.2 Å². The van der Waals surface area contributed by atoms with Crippen molar-refractivity contribution in [3.8, 4) is 0 Å². The Morgan fingerprint density at radius 1 is 0.302 bits per heavy atom. The predicted molar refractivity (Wildman–Crippen MR) is 390 cm³/mol. The molecule has 0 aliphatic heterocycles. The Morgan fingerprint density at radius 3 is 0.927 bits per heavy atom. The number of carbonyl (C=O) groups is 4. The van der Waals surface area contributed by atoms with Crippen LogP contribution in [0.2, 0.25) is 0 Å². The van der Waals surface area contributed by atoms with Crippen molar-refractivity contribution in [3.05, 3.63) is 85.1 Å². The lowest BCUT2D eigenvalue weighted by atomic mass is 10.0. The number of allylic oxidation sites excluding steroid dienone is 14. The van der Waals surface area contributed by atoms with Crippen LogP contribution in [0.25, 0.3) is 0 Å². The molecule has 0 amide bonds. The van der Waals surface area contributed by atoms with Gasteiger partial charge >= 0.3 is 39.5 Å². The fourth-order valence-corrected chi connectivity index (χ4v) is 11.6. The first-order valence-electron chi connectivity index (χ1n) is 37.8. The molecule has 0 aliphatic carbocycles. The summed E-state index contributed by atoms with van der Waals surface area (Å²) in [4.78, 5) is 72.7. The summed E-state index contributed by atoms with van der Waals surface area (Å²) < 4.78 is 68.3. The zero-order chi connectivity index (χ0) is 70.4. The van der Waals surface area contributed by atoms with E-state index < -0.39 is 97.5 Å². The average molecular weight is 1400 g/mol. The molecular formula is C77H136O17P2. The van der Waals surface area contributed by atoms with E-state index in [1.165, 1.54) is 103 Å². The number of unbranched alkanes of at least 4 members (excludes halogenated alkanes) is 31. The number of carbonyl (C=O) groups excluding carboxylic acids is 4. The number of esters is 4. The second-order valence-electron chi connectivity index (χ2n) is 25.2. The maximum Gasteiger partial charge on any atom is 0.472 e. The molecule has 3 N–H and O–H groups in total. The van der Waals surface area contributed by atoms with Crippen molar-refractivity contribution in [1.29, 1.82) is 0 Å². The molecule has 0 bridgehead atoms. The number of phosphoric acid groups is 2. The maximum absolute atomic E-state index is 13.1. The molecule has 0 aromatic heterocycles. The third kappa shape index (κ3) is 68.8. The van der Waals surface area contributed by atoms with Gasteiger partial charge in [-0.3, -0.25) is 37.3 Å². The topological polar surface area (TPSA) is 237 Å². The van der Waals surface area contributed by atoms with Crippen molar-refractivity contribution >= 4 is 39.5 Å². The van der Waals surface area contributed by atoms with Crippen LogP contribution in [-0.4, -0.2) is 96.7 Å². The minimum Gasteiger partial charge on any atom is -0.462 e. The molecule has 0 aliphatic rings. The lowest BCUT2D eigenvalue weighted by Crippen LogP contribution is -2.30. The van der Waals surface area contributed by atoms with Crippen LogP contribution in [0.4, 0.5) is 0 Å². The van der Waals surface area contributed by atoms with E-state index in [9.17, 15) is 43.2 Å². The molecule has 96 heavy (non-hydrogen) atoms. The number of hydrogen-bond acceptors (Lipinski definition) is 15. The molecule has 19 heteroatoms. The first-order chi connectivity index (χ1) is 46.7. The summed E-state index contributed by atoms with van der Waals surface area (Å²) in [5.41, 5.74) is 0. The van der Waals surface area contributed by atoms with Gasteiger partial charge in [0.1, 0.15) is 19.3 Å². The number of aliphatic hydroxyl groups is 1. The van der Waals surface area contributed by atoms with E-state index in [1.807, 2.05) is 12.2 Å². The molecule has 0 aromatic rings. The summed E-state index contributed by atoms with van der Waals surface area (Å²) in [7, 11) is -9.95. The normalized spacial score (nSPS) is 14.4. The molecule has 0 fully saturated rings. The minimum atomic E-state index is -4.98. The molecule has 5 unspecified atom stereocenters. The highest BCUT2D eigenvalue weighted by Crippen LogP contribution is 2.45. The van der Waals surface area contributed by atoms with Crippen LogP contribution in [0, 0.1) is 0 Å². The summed E-state index contributed by atoms with van der Waals surface area (Å²) in [6.45, 7) is 4.65. The Balaban J connectivity index is 5.36. The van der Waals surface area contributed by atoms with E-state index in [0.29, 0.717) is 32.1 Å². The third-order valence-electron chi connectivity index (χ3n) is 15.8. The predicted octanol–water partition coefficient (Wildman–Crippen LogP) is 21.4. The van der Waals surface area contributed by atoms with Crippen LogP contribution in [0.5, 0.6) is 0 Å². The molecule has 556 valence electrons. The molecule has 0 saturated carbocycles. The second-order valence-corrected chi connectivity index (χ2v) is 28.1. The van der Waals surface area contributed by atoms with Crippen molar-refractivity contribution in [1.82, 2.24) is 0 Å². The van der Waals surface area contributed by atoms with Gasteiger partial charge in [0.05, 0.1) is 26.4 Å². The monoisotopic (exact) mass is 1390 g/mol. The number of rotatable bonds is 71. The molecule has 0 rings (SSSR count). The number of phosphoric ester groups is 2. The van der Waals surface area contributed by atoms with Crippen molar-refractivity contribution < 1.29 is 80.2 Å². The highest BCUT2D eigenvalue weighted by molar-refractivity contribution is 7.47. The lowest BCUT2D eigenvalue weighted by Gasteiger charge is -2.21. The molecule has 0 heterocycles. The van der Waals surface area contributed by atoms with Gasteiger partial charge in [0.25, 0.3) is 0 Å². The molecule has 0 spiro atoms. The van der Waals surface area contributed by atoms with Crippen LogP contribution >= 0.6 is 15.6 Å². The smallest absolute Gasteiger partial charge is 0.462 e. The highest BCUT2D eigenvalue weighted by atomic mass is 31.2. The second kappa shape index (κ2) is 69.7. The highest BCUT2D eigenvalue weighted by Gasteiger charge is 2.30. The van der Waals surface area contributed by atoms with Crippen LogP contribution in [0.15, 0.2) is 85.1 Å². The Kier molecular flexibility index (Phi) is 67.0. The van der Waals surface area contributed by atoms with Crippen LogP contribution in [-0.2, 0) is 65.4 Å². The van der Waals surface area contributed by atoms with Gasteiger partial charge in [-0.25, -0.2) is 9.13 Å². The van der Waals surface area contributed by atoms with Gasteiger partial charge in [0, 0.05) is 25.7 Å². The lowest BCUT2D eigenvalue weighted by molar-refractivity contribution is -0.161. The Morgan fingerprint density at radius 2 is 0.562 bits per heavy atom. The maximum atomic E-state index is 13.1. The molecule has 5 atom stereocenters. The molecule has 17 nitrogen and oxygen atoms in total. The van der Waals surface area contributed by atoms with E-state index >= 15 is 0 Å². The summed E-state index contributed by atoms with van der Waals surface area (Å²) in [5, 5.41) is 10.6. The van der Waals surface area contributed by atoms with Crippen LogP contribution < -0.4 is 0 Å². The van der Waals surface area contributed by atoms with E-state index in [1.54, 1.807) is 0 Å². The van der Waals surface area contributed by atoms with Crippen molar-refractivity contribution in [2.24, 2.45) is 0 Å². The molecule has 0 saturated heterocycles. The Hall–Kier alpha value is -3.76. The Labute approximate surface area is 583 Å². The first-order valence-corrected chi connectivity index (χ1v) is 40.8. The van der Waals surface area contributed by atoms with E-state index in [0.717, 1.165) is 135 Å². The van der Waals surface area contributed by atoms with Gasteiger partial charge in [0.2, 0.25) is 0 Å². The van der Waals surface area contributed by atoms with Gasteiger partial charge in [-0.2, -0.15) is 0 Å². The number of ether oxygens (including phenoxy) is 4. The van der Waals surface area contributed by atoms with Crippen molar-refractivity contribution in [3.63, 3.8) is 0 Å². The van der Waals surface area contributed by atoms with Crippen molar-refractivity contribution in [2.75, 3.05) is 39.6 Å². The summed E-state index contributed by atoms with van der Waals surface area (Å²) in [5.74, 6) is -2.24. The molecule has 0 aromatic carbocycles. The SMILES string of the molecule is CC/C=C\C/C=C\C/C=C\C/C=C\C/C=C\CCCC(=O)OCC(COP(=O)(O)OCC(O)COP(=O)(O)OCC(COC(=O)CCCCCCC/C=C\CCCCCC)OC(=O)CCCCCCC/C=C\CCCC)OC(=O)CCCCCCCCCCCCCCCCC. The van der Waals surface area contributed by atoms with E-state index in [4.69, 9.17) is 37.0 Å². The van der Waals surface area contributed by atoms with Gasteiger partial charge < -0.3 is 33.8 Å². The molecular weight excluding hydrogens is 1260 g/mol. The standard InChI is InChI=1S/C77H136O17P2/c1-5-9-13-17-21-25-29-32-34-35-37-39-43-46-50-54-58-62-75(80)88-68-73(94-77(82)64-60-56-52-48-44-40-36-33-30-26-22-18-14-10-6-2)70-92-96(85,86)90-66-71(78)65-89-95(83,84)91-69-72(93-76(81)63-59-55-51-47-41-28-24-20-16-12-8-4)67-87-74(79)61-57-53-49-45-42-38-31-27-23-19-15-11-7-3/h9,13,20-21,24-25,27,31-32,34,37,39,46,50,71-73,78H,5-8,10-12,14-19,22-23,26,28-30,33,35-36,38,40-45,47-49,51-70H2,1-4H3,(H,83,84)(H,85,86)/b13-9-,24-20-,25-21-,31-27-,34-32-,39-37-,50-46-. The molecule has 0 radical (unpaired) electrons. The number of aliphatic hydroxyl groups excluding tert-OH is 1. The Bertz CT molecular complexity index is 2160. The fraction of sp³-hybridized carbons (Fsp3) is 0.766. The van der Waals surface area contributed by atoms with E-state index in [2.05, 4.69) is 101 Å². The van der Waals surface area contributed by atoms with Gasteiger partial charge in [-0.15, -0.1) is 0 Å². The summed E-state index contributed by atoms with van der Waals surface area (Å²) in [6, 6.07) is 0. The van der Waals surface area contributed by atoms with Crippen LogP contribution in [0.3, 0.4) is 0 Å². The van der Waals surface area contributed by atoms with E-state index in [-0.39, 0.29) is 25.7 Å². The quantitative estimate of drug-likeness (QED) is 0.0169. The third-order valence-corrected chi connectivity index (χ3v) is 17.7. The fourth-order valence-electron chi connectivity index (χ4n) is 10.1. The summed E-state index contributed by atoms with van der Waals surface area (Å²) in [6.07, 6.45) is 70.2. The minimum absolute atomic E-state index is 0.0837. The zero-order valence-electron chi connectivity index (χ0n) is 60.5. The zero-order valence-corrected chi connectivity index (χ0v) is 62.3. The average Bonchev–Trinajstić information content (AvgIpc) is 2.18. The number of hydrogen-bond donors (Lipinski definition) is 3. The van der Waals surface area contributed by atoms with Gasteiger partial charge in [-0.1, -0.05) is 273 Å². The van der Waals surface area contributed by atoms with Crippen molar-refractivity contribution in [2.45, 2.75) is 341 Å².